The number of aromatic nitrogens is 2. The number of rotatable bonds is 7. The zero-order valence-corrected chi connectivity index (χ0v) is 10.6. The number of aliphatic hydroxyl groups excluding tert-OH is 1. The van der Waals surface area contributed by atoms with Crippen LogP contribution in [-0.4, -0.2) is 44.6 Å². The van der Waals surface area contributed by atoms with Gasteiger partial charge in [-0.25, -0.2) is 4.79 Å². The molecular formula is C11H18N4O4. The van der Waals surface area contributed by atoms with Crippen LogP contribution in [0, 0.1) is 0 Å². The highest BCUT2D eigenvalue weighted by Gasteiger charge is 2.27. The van der Waals surface area contributed by atoms with Gasteiger partial charge in [0.05, 0.1) is 12.2 Å². The minimum absolute atomic E-state index is 0.341. The second kappa shape index (κ2) is 7.37. The van der Waals surface area contributed by atoms with Gasteiger partial charge in [0.25, 0.3) is 5.91 Å². The van der Waals surface area contributed by atoms with Gasteiger partial charge in [-0.15, -0.1) is 0 Å². The van der Waals surface area contributed by atoms with Gasteiger partial charge in [-0.05, 0) is 6.42 Å². The smallest absolute Gasteiger partial charge is 0.404 e. The highest BCUT2D eigenvalue weighted by atomic mass is 16.4. The third kappa shape index (κ3) is 4.96. The molecule has 1 heterocycles. The maximum Gasteiger partial charge on any atom is 0.404 e. The van der Waals surface area contributed by atoms with Gasteiger partial charge in [0.1, 0.15) is 5.82 Å². The van der Waals surface area contributed by atoms with Gasteiger partial charge in [-0.2, -0.15) is 5.10 Å². The monoisotopic (exact) mass is 270 g/mol. The molecule has 8 heteroatoms. The Morgan fingerprint density at radius 2 is 2.26 bits per heavy atom. The van der Waals surface area contributed by atoms with Gasteiger partial charge >= 0.3 is 6.09 Å². The first-order valence-corrected chi connectivity index (χ1v) is 6.02. The SMILES string of the molecule is CCCC[C@H](NC(=O)O)C(O)C(=O)Nc1ccn[nH]1. The van der Waals surface area contributed by atoms with Crippen LogP contribution in [0.25, 0.3) is 0 Å². The lowest BCUT2D eigenvalue weighted by Crippen LogP contribution is -2.48. The Labute approximate surface area is 110 Å². The summed E-state index contributed by atoms with van der Waals surface area (Å²) in [6.45, 7) is 1.94. The first kappa shape index (κ1) is 15.0. The minimum atomic E-state index is -1.45. The van der Waals surface area contributed by atoms with Gasteiger partial charge in [0, 0.05) is 6.07 Å². The van der Waals surface area contributed by atoms with E-state index in [2.05, 4.69) is 20.8 Å². The van der Waals surface area contributed by atoms with Crippen LogP contribution in [-0.2, 0) is 4.79 Å². The minimum Gasteiger partial charge on any atom is -0.465 e. The number of unbranched alkanes of at least 4 members (excludes halogenated alkanes) is 1. The number of anilines is 1. The van der Waals surface area contributed by atoms with Crippen molar-refractivity contribution >= 4 is 17.8 Å². The molecular weight excluding hydrogens is 252 g/mol. The number of nitrogens with one attached hydrogen (secondary N) is 3. The van der Waals surface area contributed by atoms with Crippen molar-refractivity contribution in [2.45, 2.75) is 38.3 Å². The van der Waals surface area contributed by atoms with Crippen molar-refractivity contribution in [1.82, 2.24) is 15.5 Å². The van der Waals surface area contributed by atoms with Crippen molar-refractivity contribution in [3.05, 3.63) is 12.3 Å². The van der Waals surface area contributed by atoms with Crippen LogP contribution in [0.4, 0.5) is 10.6 Å². The molecule has 0 aliphatic carbocycles. The molecule has 0 saturated heterocycles. The molecule has 0 aliphatic heterocycles. The summed E-state index contributed by atoms with van der Waals surface area (Å²) in [6, 6.07) is 0.691. The summed E-state index contributed by atoms with van der Waals surface area (Å²) in [6.07, 6.45) is 0.666. The number of hydrogen-bond donors (Lipinski definition) is 5. The van der Waals surface area contributed by atoms with Gasteiger partial charge in [-0.3, -0.25) is 9.89 Å². The van der Waals surface area contributed by atoms with Gasteiger partial charge in [-0.1, -0.05) is 19.8 Å². The molecule has 0 fully saturated rings. The number of H-pyrrole nitrogens is 1. The number of aromatic amines is 1. The molecule has 0 spiro atoms. The van der Waals surface area contributed by atoms with E-state index in [1.165, 1.54) is 12.3 Å². The summed E-state index contributed by atoms with van der Waals surface area (Å²) in [5.41, 5.74) is 0. The molecule has 19 heavy (non-hydrogen) atoms. The van der Waals surface area contributed by atoms with E-state index in [1.807, 2.05) is 6.92 Å². The number of carboxylic acid groups (broad SMARTS) is 1. The Bertz CT molecular complexity index is 407. The van der Waals surface area contributed by atoms with E-state index in [9.17, 15) is 14.7 Å². The molecule has 1 rings (SSSR count). The van der Waals surface area contributed by atoms with Crippen molar-refractivity contribution in [3.63, 3.8) is 0 Å². The fraction of sp³-hybridized carbons (Fsp3) is 0.545. The molecule has 0 aromatic carbocycles. The van der Waals surface area contributed by atoms with E-state index in [0.29, 0.717) is 18.7 Å². The molecule has 1 aromatic rings. The molecule has 2 amide bonds. The largest absolute Gasteiger partial charge is 0.465 e. The highest BCUT2D eigenvalue weighted by molar-refractivity contribution is 5.93. The number of aliphatic hydroxyl groups is 1. The average molecular weight is 270 g/mol. The molecule has 0 saturated carbocycles. The number of amides is 2. The molecule has 1 unspecified atom stereocenters. The molecule has 106 valence electrons. The first-order chi connectivity index (χ1) is 9.04. The fourth-order valence-electron chi connectivity index (χ4n) is 1.61. The fourth-order valence-corrected chi connectivity index (χ4v) is 1.61. The van der Waals surface area contributed by atoms with Gasteiger partial charge in [0.15, 0.2) is 6.10 Å². The second-order valence-electron chi connectivity index (χ2n) is 4.10. The van der Waals surface area contributed by atoms with Crippen LogP contribution in [0.2, 0.25) is 0 Å². The van der Waals surface area contributed by atoms with E-state index in [1.54, 1.807) is 0 Å². The quantitative estimate of drug-likeness (QED) is 0.494. The van der Waals surface area contributed by atoms with Crippen LogP contribution in [0.3, 0.4) is 0 Å². The van der Waals surface area contributed by atoms with Crippen molar-refractivity contribution < 1.29 is 19.8 Å². The van der Waals surface area contributed by atoms with Crippen molar-refractivity contribution in [2.24, 2.45) is 0 Å². The lowest BCUT2D eigenvalue weighted by molar-refractivity contribution is -0.125. The van der Waals surface area contributed by atoms with E-state index in [0.717, 1.165) is 6.42 Å². The third-order valence-corrected chi connectivity index (χ3v) is 2.59. The van der Waals surface area contributed by atoms with E-state index in [4.69, 9.17) is 5.11 Å². The molecule has 8 nitrogen and oxygen atoms in total. The zero-order chi connectivity index (χ0) is 14.3. The molecule has 1 aromatic heterocycles. The molecule has 2 atom stereocenters. The Balaban J connectivity index is 2.60. The van der Waals surface area contributed by atoms with Crippen LogP contribution < -0.4 is 10.6 Å². The number of hydrogen-bond acceptors (Lipinski definition) is 4. The number of carbonyl (C=O) groups excluding carboxylic acids is 1. The number of carbonyl (C=O) groups is 2. The summed E-state index contributed by atoms with van der Waals surface area (Å²) in [5.74, 6) is -0.340. The van der Waals surface area contributed by atoms with Crippen LogP contribution in [0.1, 0.15) is 26.2 Å². The van der Waals surface area contributed by atoms with Gasteiger partial charge < -0.3 is 20.8 Å². The molecule has 0 radical (unpaired) electrons. The summed E-state index contributed by atoms with van der Waals surface area (Å²) in [4.78, 5) is 22.4. The van der Waals surface area contributed by atoms with E-state index >= 15 is 0 Å². The van der Waals surface area contributed by atoms with Crippen molar-refractivity contribution in [2.75, 3.05) is 5.32 Å². The lowest BCUT2D eigenvalue weighted by Gasteiger charge is -2.21. The Kier molecular flexibility index (Phi) is 5.80. The second-order valence-corrected chi connectivity index (χ2v) is 4.10. The Morgan fingerprint density at radius 1 is 1.53 bits per heavy atom. The maximum atomic E-state index is 11.8. The van der Waals surface area contributed by atoms with Crippen molar-refractivity contribution in [1.29, 1.82) is 0 Å². The first-order valence-electron chi connectivity index (χ1n) is 6.02. The topological polar surface area (TPSA) is 127 Å². The van der Waals surface area contributed by atoms with Gasteiger partial charge in [0.2, 0.25) is 0 Å². The standard InChI is InChI=1S/C11H18N4O4/c1-2-3-4-7(13-11(18)19)9(16)10(17)14-8-5-6-12-15-8/h5-7,9,13,16H,2-4H2,1H3,(H,18,19)(H2,12,14,15,17)/t7-,9?/m0/s1. The molecule has 0 bridgehead atoms. The normalized spacial score (nSPS) is 13.6. The number of nitrogens with zero attached hydrogens (tertiary/aromatic N) is 1. The van der Waals surface area contributed by atoms with Crippen LogP contribution >= 0.6 is 0 Å². The lowest BCUT2D eigenvalue weighted by atomic mass is 10.0. The maximum absolute atomic E-state index is 11.8. The van der Waals surface area contributed by atoms with Crippen molar-refractivity contribution in [3.8, 4) is 0 Å². The summed E-state index contributed by atoms with van der Waals surface area (Å²) < 4.78 is 0. The molecule has 5 N–H and O–H groups in total. The zero-order valence-electron chi connectivity index (χ0n) is 10.6. The molecule has 0 aliphatic rings. The van der Waals surface area contributed by atoms with Crippen LogP contribution in [0.5, 0.6) is 0 Å². The van der Waals surface area contributed by atoms with Crippen LogP contribution in [0.15, 0.2) is 12.3 Å². The average Bonchev–Trinajstić information content (AvgIpc) is 2.85. The third-order valence-electron chi connectivity index (χ3n) is 2.59. The van der Waals surface area contributed by atoms with E-state index in [-0.39, 0.29) is 0 Å². The Morgan fingerprint density at radius 3 is 2.79 bits per heavy atom. The summed E-state index contributed by atoms with van der Waals surface area (Å²) >= 11 is 0. The summed E-state index contributed by atoms with van der Waals surface area (Å²) in [5, 5.41) is 29.3. The Hall–Kier alpha value is -2.09. The highest BCUT2D eigenvalue weighted by Crippen LogP contribution is 2.08. The predicted molar refractivity (Wildman–Crippen MR) is 67.7 cm³/mol. The summed E-state index contributed by atoms with van der Waals surface area (Å²) in [7, 11) is 0. The van der Waals surface area contributed by atoms with E-state index < -0.39 is 24.1 Å². The predicted octanol–water partition coefficient (Wildman–Crippen LogP) is 0.535.